The molecule has 1 N–H and O–H groups in total. The predicted molar refractivity (Wildman–Crippen MR) is 83.8 cm³/mol. The highest BCUT2D eigenvalue weighted by molar-refractivity contribution is 7.88. The van der Waals surface area contributed by atoms with Crippen LogP contribution in [-0.2, 0) is 26.1 Å². The summed E-state index contributed by atoms with van der Waals surface area (Å²) in [5.41, 5.74) is 0.774. The largest absolute Gasteiger partial charge is 0.377 e. The fourth-order valence-electron chi connectivity index (χ4n) is 3.30. The number of rotatable bonds is 4. The highest BCUT2D eigenvalue weighted by Gasteiger charge is 2.45. The maximum Gasteiger partial charge on any atom is 0.225 e. The van der Waals surface area contributed by atoms with E-state index in [0.717, 1.165) is 12.1 Å². The van der Waals surface area contributed by atoms with Gasteiger partial charge in [-0.05, 0) is 18.6 Å². The lowest BCUT2D eigenvalue weighted by atomic mass is 9.83. The summed E-state index contributed by atoms with van der Waals surface area (Å²) < 4.78 is 30.7. The van der Waals surface area contributed by atoms with Gasteiger partial charge < -0.3 is 10.1 Å². The summed E-state index contributed by atoms with van der Waals surface area (Å²) in [5.74, 6) is -0.434. The van der Waals surface area contributed by atoms with Crippen LogP contribution in [0.5, 0.6) is 0 Å². The van der Waals surface area contributed by atoms with E-state index in [1.807, 2.05) is 18.2 Å². The predicted octanol–water partition coefficient (Wildman–Crippen LogP) is -0.00570. The quantitative estimate of drug-likeness (QED) is 0.834. The van der Waals surface area contributed by atoms with Crippen molar-refractivity contribution >= 4 is 15.9 Å². The first-order chi connectivity index (χ1) is 10.9. The number of carbonyl (C=O) groups is 1. The molecule has 1 amide bonds. The van der Waals surface area contributed by atoms with Gasteiger partial charge in [0.25, 0.3) is 0 Å². The number of ether oxygens (including phenoxy) is 1. The first-order valence-corrected chi connectivity index (χ1v) is 9.54. The molecule has 126 valence electrons. The smallest absolute Gasteiger partial charge is 0.225 e. The van der Waals surface area contributed by atoms with Crippen LogP contribution in [0.2, 0.25) is 0 Å². The summed E-state index contributed by atoms with van der Waals surface area (Å²) in [6, 6.07) is 5.52. The third-order valence-electron chi connectivity index (χ3n) is 4.54. The molecule has 2 fully saturated rings. The Labute approximate surface area is 136 Å². The number of sulfonamides is 1. The molecule has 1 aromatic heterocycles. The minimum Gasteiger partial charge on any atom is -0.377 e. The van der Waals surface area contributed by atoms with Gasteiger partial charge in [0.05, 0.1) is 30.5 Å². The minimum atomic E-state index is -3.34. The number of amides is 1. The minimum absolute atomic E-state index is 0.0803. The number of fused-ring (bicyclic) bond motifs is 1. The summed E-state index contributed by atoms with van der Waals surface area (Å²) in [4.78, 5) is 16.7. The van der Waals surface area contributed by atoms with Gasteiger partial charge in [0.15, 0.2) is 0 Å². The standard InChI is InChI=1S/C15H21N3O4S/c1-23(20,21)18-9-13(12-5-7-22-14(12)10-18)15(19)17-8-11-4-2-3-6-16-11/h2-4,6,12-14H,5,7-10H2,1H3,(H,17,19)/t12-,13-,14+/m0/s1. The fourth-order valence-corrected chi connectivity index (χ4v) is 4.15. The number of pyridine rings is 1. The Bertz CT molecular complexity index is 665. The molecule has 3 atom stereocenters. The Kier molecular flexibility index (Phi) is 4.65. The first kappa shape index (κ1) is 16.4. The summed E-state index contributed by atoms with van der Waals surface area (Å²) in [6.07, 6.45) is 3.45. The summed E-state index contributed by atoms with van der Waals surface area (Å²) >= 11 is 0. The van der Waals surface area contributed by atoms with Crippen LogP contribution in [0.15, 0.2) is 24.4 Å². The summed E-state index contributed by atoms with van der Waals surface area (Å²) in [5, 5.41) is 2.87. The second kappa shape index (κ2) is 6.54. The second-order valence-corrected chi connectivity index (χ2v) is 8.07. The van der Waals surface area contributed by atoms with Crippen molar-refractivity contribution in [2.75, 3.05) is 26.0 Å². The van der Waals surface area contributed by atoms with Crippen molar-refractivity contribution in [3.05, 3.63) is 30.1 Å². The molecule has 0 unspecified atom stereocenters. The molecule has 7 nitrogen and oxygen atoms in total. The van der Waals surface area contributed by atoms with E-state index in [1.165, 1.54) is 10.6 Å². The maximum absolute atomic E-state index is 12.6. The molecule has 0 spiro atoms. The maximum atomic E-state index is 12.6. The molecule has 23 heavy (non-hydrogen) atoms. The van der Waals surface area contributed by atoms with Crippen LogP contribution in [0, 0.1) is 11.8 Å². The number of nitrogens with one attached hydrogen (secondary N) is 1. The number of carbonyl (C=O) groups excluding carboxylic acids is 1. The van der Waals surface area contributed by atoms with Crippen molar-refractivity contribution in [1.82, 2.24) is 14.6 Å². The lowest BCUT2D eigenvalue weighted by Crippen LogP contribution is -2.54. The Balaban J connectivity index is 1.69. The van der Waals surface area contributed by atoms with Gasteiger partial charge in [-0.25, -0.2) is 8.42 Å². The lowest BCUT2D eigenvalue weighted by molar-refractivity contribution is -0.129. The van der Waals surface area contributed by atoms with Crippen LogP contribution in [0.25, 0.3) is 0 Å². The van der Waals surface area contributed by atoms with Crippen molar-refractivity contribution < 1.29 is 17.9 Å². The average Bonchev–Trinajstić information content (AvgIpc) is 3.00. The molecular weight excluding hydrogens is 318 g/mol. The van der Waals surface area contributed by atoms with Gasteiger partial charge in [-0.3, -0.25) is 9.78 Å². The van der Waals surface area contributed by atoms with Crippen LogP contribution >= 0.6 is 0 Å². The lowest BCUT2D eigenvalue weighted by Gasteiger charge is -2.37. The Morgan fingerprint density at radius 2 is 2.26 bits per heavy atom. The average molecular weight is 339 g/mol. The molecule has 3 heterocycles. The van der Waals surface area contributed by atoms with E-state index in [2.05, 4.69) is 10.3 Å². The van der Waals surface area contributed by atoms with Crippen molar-refractivity contribution in [3.8, 4) is 0 Å². The zero-order chi connectivity index (χ0) is 16.4. The molecule has 0 aliphatic carbocycles. The number of aromatic nitrogens is 1. The summed E-state index contributed by atoms with van der Waals surface area (Å²) in [7, 11) is -3.34. The van der Waals surface area contributed by atoms with E-state index in [-0.39, 0.29) is 30.4 Å². The van der Waals surface area contributed by atoms with Crippen molar-refractivity contribution in [1.29, 1.82) is 0 Å². The highest BCUT2D eigenvalue weighted by atomic mass is 32.2. The van der Waals surface area contributed by atoms with Crippen LogP contribution in [0.3, 0.4) is 0 Å². The van der Waals surface area contributed by atoms with Gasteiger partial charge in [0, 0.05) is 31.8 Å². The Morgan fingerprint density at radius 1 is 1.43 bits per heavy atom. The molecular formula is C15H21N3O4S. The third kappa shape index (κ3) is 3.70. The zero-order valence-electron chi connectivity index (χ0n) is 13.0. The normalized spacial score (nSPS) is 28.3. The van der Waals surface area contributed by atoms with E-state index in [1.54, 1.807) is 6.20 Å². The summed E-state index contributed by atoms with van der Waals surface area (Å²) in [6.45, 7) is 1.48. The molecule has 0 saturated carbocycles. The molecule has 2 aliphatic heterocycles. The second-order valence-electron chi connectivity index (χ2n) is 6.09. The van der Waals surface area contributed by atoms with Crippen molar-refractivity contribution in [3.63, 3.8) is 0 Å². The van der Waals surface area contributed by atoms with Crippen LogP contribution < -0.4 is 5.32 Å². The van der Waals surface area contributed by atoms with E-state index >= 15 is 0 Å². The van der Waals surface area contributed by atoms with E-state index < -0.39 is 10.0 Å². The number of hydrogen-bond acceptors (Lipinski definition) is 5. The van der Waals surface area contributed by atoms with Crippen molar-refractivity contribution in [2.24, 2.45) is 11.8 Å². The van der Waals surface area contributed by atoms with Gasteiger partial charge in [-0.1, -0.05) is 6.07 Å². The first-order valence-electron chi connectivity index (χ1n) is 7.69. The SMILES string of the molecule is CS(=O)(=O)N1C[C@H](C(=O)NCc2ccccn2)[C@@H]2CCO[C@@H]2C1. The fraction of sp³-hybridized carbons (Fsp3) is 0.600. The molecule has 0 radical (unpaired) electrons. The zero-order valence-corrected chi connectivity index (χ0v) is 13.8. The molecule has 2 aliphatic rings. The topological polar surface area (TPSA) is 88.6 Å². The Hall–Kier alpha value is -1.51. The molecule has 3 rings (SSSR count). The molecule has 8 heteroatoms. The molecule has 0 aromatic carbocycles. The van der Waals surface area contributed by atoms with E-state index in [4.69, 9.17) is 4.74 Å². The van der Waals surface area contributed by atoms with Crippen LogP contribution in [0.1, 0.15) is 12.1 Å². The van der Waals surface area contributed by atoms with Gasteiger partial charge >= 0.3 is 0 Å². The number of piperidine rings is 1. The van der Waals surface area contributed by atoms with Gasteiger partial charge in [-0.2, -0.15) is 4.31 Å². The molecule has 0 bridgehead atoms. The van der Waals surface area contributed by atoms with Crippen molar-refractivity contribution in [2.45, 2.75) is 19.1 Å². The van der Waals surface area contributed by atoms with Crippen LogP contribution in [0.4, 0.5) is 0 Å². The number of hydrogen-bond donors (Lipinski definition) is 1. The monoisotopic (exact) mass is 339 g/mol. The molecule has 1 aromatic rings. The Morgan fingerprint density at radius 3 is 2.96 bits per heavy atom. The van der Waals surface area contributed by atoms with E-state index in [0.29, 0.717) is 19.7 Å². The highest BCUT2D eigenvalue weighted by Crippen LogP contribution is 2.34. The van der Waals surface area contributed by atoms with Crippen LogP contribution in [-0.4, -0.2) is 55.7 Å². The third-order valence-corrected chi connectivity index (χ3v) is 5.77. The van der Waals surface area contributed by atoms with Gasteiger partial charge in [-0.15, -0.1) is 0 Å². The molecule has 2 saturated heterocycles. The van der Waals surface area contributed by atoms with Gasteiger partial charge in [0.2, 0.25) is 15.9 Å². The van der Waals surface area contributed by atoms with Gasteiger partial charge in [0.1, 0.15) is 0 Å². The van der Waals surface area contributed by atoms with E-state index in [9.17, 15) is 13.2 Å². The number of nitrogens with zero attached hydrogens (tertiary/aromatic N) is 2.